The van der Waals surface area contributed by atoms with Crippen LogP contribution in [-0.4, -0.2) is 0 Å². The summed E-state index contributed by atoms with van der Waals surface area (Å²) >= 11 is 0. The van der Waals surface area contributed by atoms with Crippen LogP contribution in [0.25, 0.3) is 0 Å². The maximum absolute atomic E-state index is 12.5. The normalized spacial score (nSPS) is 15.3. The highest BCUT2D eigenvalue weighted by molar-refractivity contribution is 5.30. The number of nitrogens with zero attached hydrogens (tertiary/aromatic N) is 1. The second-order valence-corrected chi connectivity index (χ2v) is 2.45. The van der Waals surface area contributed by atoms with Crippen molar-refractivity contribution in [2.75, 3.05) is 0 Å². The van der Waals surface area contributed by atoms with Gasteiger partial charge in [0.2, 0.25) is 0 Å². The Morgan fingerprint density at radius 3 is 2.90 bits per heavy atom. The average molecular weight is 136 g/mol. The fraction of sp³-hybridized carbons (Fsp3) is 0.250. The van der Waals surface area contributed by atoms with Crippen LogP contribution in [0.1, 0.15) is 11.1 Å². The van der Waals surface area contributed by atoms with Crippen LogP contribution in [0.5, 0.6) is 0 Å². The highest BCUT2D eigenvalue weighted by Crippen LogP contribution is 2.16. The van der Waals surface area contributed by atoms with Crippen molar-refractivity contribution < 1.29 is 4.39 Å². The maximum Gasteiger partial charge on any atom is 0.123 e. The lowest BCUT2D eigenvalue weighted by Crippen LogP contribution is -1.88. The van der Waals surface area contributed by atoms with Gasteiger partial charge in [-0.3, -0.25) is 0 Å². The van der Waals surface area contributed by atoms with Crippen molar-refractivity contribution in [3.05, 3.63) is 35.1 Å². The zero-order chi connectivity index (χ0) is 6.97. The van der Waals surface area contributed by atoms with E-state index < -0.39 is 0 Å². The molecule has 0 aliphatic carbocycles. The SMILES string of the molecule is Fc1ccc2c(c1)C[N]C2. The molecular formula is C8H7FN. The minimum Gasteiger partial charge on any atom is -0.232 e. The summed E-state index contributed by atoms with van der Waals surface area (Å²) in [5.74, 6) is -0.157. The topological polar surface area (TPSA) is 14.1 Å². The summed E-state index contributed by atoms with van der Waals surface area (Å²) in [6.07, 6.45) is 0. The molecule has 1 aromatic carbocycles. The molecule has 1 nitrogen and oxygen atoms in total. The molecule has 0 amide bonds. The molecule has 0 N–H and O–H groups in total. The van der Waals surface area contributed by atoms with Gasteiger partial charge in [-0.15, -0.1) is 0 Å². The molecule has 51 valence electrons. The molecule has 0 spiro atoms. The molecule has 0 unspecified atom stereocenters. The van der Waals surface area contributed by atoms with Crippen LogP contribution in [0.3, 0.4) is 0 Å². The Morgan fingerprint density at radius 2 is 2.00 bits per heavy atom. The van der Waals surface area contributed by atoms with E-state index in [1.165, 1.54) is 11.6 Å². The monoisotopic (exact) mass is 136 g/mol. The van der Waals surface area contributed by atoms with Crippen molar-refractivity contribution in [3.63, 3.8) is 0 Å². The first-order chi connectivity index (χ1) is 4.86. The third-order valence-corrected chi connectivity index (χ3v) is 1.73. The molecule has 0 atom stereocenters. The van der Waals surface area contributed by atoms with E-state index in [2.05, 4.69) is 5.32 Å². The minimum atomic E-state index is -0.157. The Morgan fingerprint density at radius 1 is 1.20 bits per heavy atom. The molecule has 2 heteroatoms. The summed E-state index contributed by atoms with van der Waals surface area (Å²) in [4.78, 5) is 0. The van der Waals surface area contributed by atoms with Crippen molar-refractivity contribution in [2.24, 2.45) is 0 Å². The molecule has 1 heterocycles. The first-order valence-corrected chi connectivity index (χ1v) is 3.27. The summed E-state index contributed by atoms with van der Waals surface area (Å²) in [6, 6.07) is 4.85. The zero-order valence-corrected chi connectivity index (χ0v) is 5.47. The van der Waals surface area contributed by atoms with Crippen LogP contribution >= 0.6 is 0 Å². The van der Waals surface area contributed by atoms with Crippen molar-refractivity contribution in [1.82, 2.24) is 5.32 Å². The van der Waals surface area contributed by atoms with E-state index in [4.69, 9.17) is 0 Å². The first-order valence-electron chi connectivity index (χ1n) is 3.27. The van der Waals surface area contributed by atoms with Gasteiger partial charge < -0.3 is 0 Å². The lowest BCUT2D eigenvalue weighted by Gasteiger charge is -1.94. The third kappa shape index (κ3) is 0.809. The zero-order valence-electron chi connectivity index (χ0n) is 5.47. The standard InChI is InChI=1S/C8H7FN/c9-8-2-1-6-4-10-5-7(6)3-8/h1-3H,4-5H2. The van der Waals surface area contributed by atoms with Gasteiger partial charge in [0.25, 0.3) is 0 Å². The van der Waals surface area contributed by atoms with E-state index in [0.717, 1.165) is 12.1 Å². The summed E-state index contributed by atoms with van der Waals surface area (Å²) in [5, 5.41) is 4.13. The molecule has 2 rings (SSSR count). The largest absolute Gasteiger partial charge is 0.232 e. The lowest BCUT2D eigenvalue weighted by molar-refractivity contribution is 0.625. The number of rotatable bonds is 0. The number of hydrogen-bond donors (Lipinski definition) is 0. The predicted octanol–water partition coefficient (Wildman–Crippen LogP) is 1.44. The summed E-state index contributed by atoms with van der Waals surface area (Å²) < 4.78 is 12.5. The lowest BCUT2D eigenvalue weighted by atomic mass is 10.1. The van der Waals surface area contributed by atoms with E-state index >= 15 is 0 Å². The van der Waals surface area contributed by atoms with Crippen LogP contribution in [0.4, 0.5) is 4.39 Å². The highest BCUT2D eigenvalue weighted by atomic mass is 19.1. The Kier molecular flexibility index (Phi) is 1.21. The van der Waals surface area contributed by atoms with Crippen molar-refractivity contribution in [2.45, 2.75) is 13.1 Å². The molecule has 0 saturated carbocycles. The smallest absolute Gasteiger partial charge is 0.123 e. The molecule has 1 aliphatic heterocycles. The molecule has 0 aromatic heterocycles. The molecule has 1 radical (unpaired) electrons. The number of fused-ring (bicyclic) bond motifs is 1. The molecule has 1 aliphatic rings. The fourth-order valence-electron chi connectivity index (χ4n) is 1.19. The second kappa shape index (κ2) is 2.06. The van der Waals surface area contributed by atoms with Gasteiger partial charge in [-0.05, 0) is 23.3 Å². The Labute approximate surface area is 58.9 Å². The molecule has 1 aromatic rings. The van der Waals surface area contributed by atoms with Gasteiger partial charge >= 0.3 is 0 Å². The molecule has 0 bridgehead atoms. The van der Waals surface area contributed by atoms with Crippen LogP contribution < -0.4 is 5.32 Å². The number of halogens is 1. The quantitative estimate of drug-likeness (QED) is 0.512. The Bertz CT molecular complexity index is 257. The van der Waals surface area contributed by atoms with Crippen LogP contribution in [0.2, 0.25) is 0 Å². The summed E-state index contributed by atoms with van der Waals surface area (Å²) in [6.45, 7) is 1.45. The van der Waals surface area contributed by atoms with Gasteiger partial charge in [-0.2, -0.15) is 0 Å². The van der Waals surface area contributed by atoms with E-state index in [9.17, 15) is 4.39 Å². The van der Waals surface area contributed by atoms with E-state index in [-0.39, 0.29) is 5.82 Å². The maximum atomic E-state index is 12.5. The highest BCUT2D eigenvalue weighted by Gasteiger charge is 2.10. The van der Waals surface area contributed by atoms with Crippen LogP contribution in [0, 0.1) is 5.82 Å². The minimum absolute atomic E-state index is 0.157. The number of benzene rings is 1. The summed E-state index contributed by atoms with van der Waals surface area (Å²) in [7, 11) is 0. The fourth-order valence-corrected chi connectivity index (χ4v) is 1.19. The van der Waals surface area contributed by atoms with E-state index in [0.29, 0.717) is 6.54 Å². The molecule has 0 saturated heterocycles. The van der Waals surface area contributed by atoms with Gasteiger partial charge in [0.05, 0.1) is 0 Å². The first kappa shape index (κ1) is 5.86. The number of hydrogen-bond acceptors (Lipinski definition) is 0. The molecule has 0 fully saturated rings. The van der Waals surface area contributed by atoms with Gasteiger partial charge in [0.1, 0.15) is 5.82 Å². The molecular weight excluding hydrogens is 129 g/mol. The van der Waals surface area contributed by atoms with Crippen molar-refractivity contribution >= 4 is 0 Å². The third-order valence-electron chi connectivity index (χ3n) is 1.73. The summed E-state index contributed by atoms with van der Waals surface area (Å²) in [5.41, 5.74) is 2.21. The Hall–Kier alpha value is -0.890. The van der Waals surface area contributed by atoms with Gasteiger partial charge in [0, 0.05) is 13.1 Å². The van der Waals surface area contributed by atoms with Crippen LogP contribution in [0.15, 0.2) is 18.2 Å². The van der Waals surface area contributed by atoms with Gasteiger partial charge in [-0.25, -0.2) is 9.71 Å². The second-order valence-electron chi connectivity index (χ2n) is 2.45. The van der Waals surface area contributed by atoms with E-state index in [1.54, 1.807) is 12.1 Å². The van der Waals surface area contributed by atoms with Gasteiger partial charge in [-0.1, -0.05) is 6.07 Å². The predicted molar refractivity (Wildman–Crippen MR) is 35.9 cm³/mol. The van der Waals surface area contributed by atoms with Gasteiger partial charge in [0.15, 0.2) is 0 Å². The van der Waals surface area contributed by atoms with Crippen molar-refractivity contribution in [3.8, 4) is 0 Å². The average Bonchev–Trinajstić information content (AvgIpc) is 2.33. The van der Waals surface area contributed by atoms with Crippen LogP contribution in [-0.2, 0) is 13.1 Å². The van der Waals surface area contributed by atoms with Crippen molar-refractivity contribution in [1.29, 1.82) is 0 Å². The Balaban J connectivity index is 2.52. The molecule has 10 heavy (non-hydrogen) atoms. The van der Waals surface area contributed by atoms with E-state index in [1.807, 2.05) is 0 Å².